The molecule has 2 rings (SSSR count). The number of hydrogen-bond donors (Lipinski definition) is 0. The van der Waals surface area contributed by atoms with E-state index in [1.807, 2.05) is 0 Å². The Balaban J connectivity index is 1.94. The maximum absolute atomic E-state index is 11.9. The summed E-state index contributed by atoms with van der Waals surface area (Å²) in [4.78, 5) is 14.5. The average Bonchev–Trinajstić information content (AvgIpc) is 2.58. The molecule has 0 amide bonds. The molecule has 2 atom stereocenters. The van der Waals surface area contributed by atoms with Crippen LogP contribution in [-0.2, 0) is 4.79 Å². The van der Waals surface area contributed by atoms with Crippen molar-refractivity contribution >= 4 is 5.78 Å². The lowest BCUT2D eigenvalue weighted by Crippen LogP contribution is -2.40. The predicted octanol–water partition coefficient (Wildman–Crippen LogP) is 2.87. The summed E-state index contributed by atoms with van der Waals surface area (Å²) in [5, 5.41) is 0. The van der Waals surface area contributed by atoms with Crippen molar-refractivity contribution in [3.05, 3.63) is 0 Å². The molecule has 2 nitrogen and oxygen atoms in total. The average molecular weight is 223 g/mol. The highest BCUT2D eigenvalue weighted by Gasteiger charge is 2.35. The van der Waals surface area contributed by atoms with Gasteiger partial charge in [0.15, 0.2) is 0 Å². The maximum atomic E-state index is 11.9. The van der Waals surface area contributed by atoms with Gasteiger partial charge < -0.3 is 0 Å². The Kier molecular flexibility index (Phi) is 3.39. The highest BCUT2D eigenvalue weighted by Crippen LogP contribution is 2.37. The van der Waals surface area contributed by atoms with Gasteiger partial charge in [-0.05, 0) is 44.6 Å². The van der Waals surface area contributed by atoms with E-state index in [0.29, 0.717) is 23.2 Å². The molecule has 2 heteroatoms. The zero-order chi connectivity index (χ0) is 11.8. The Morgan fingerprint density at radius 1 is 1.44 bits per heavy atom. The van der Waals surface area contributed by atoms with Crippen molar-refractivity contribution in [2.75, 3.05) is 13.1 Å². The third kappa shape index (κ3) is 2.65. The SMILES string of the molecule is CC1CCCN1CC1CC(C)(C)CCC1=O. The first-order valence-electron chi connectivity index (χ1n) is 6.75. The Morgan fingerprint density at radius 2 is 2.19 bits per heavy atom. The smallest absolute Gasteiger partial charge is 0.137 e. The lowest BCUT2D eigenvalue weighted by Gasteiger charge is -2.36. The zero-order valence-electron chi connectivity index (χ0n) is 11.0. The lowest BCUT2D eigenvalue weighted by molar-refractivity contribution is -0.127. The number of hydrogen-bond acceptors (Lipinski definition) is 2. The largest absolute Gasteiger partial charge is 0.300 e. The summed E-state index contributed by atoms with van der Waals surface area (Å²) in [6.07, 6.45) is 5.60. The molecule has 0 radical (unpaired) electrons. The molecule has 1 heterocycles. The van der Waals surface area contributed by atoms with E-state index >= 15 is 0 Å². The fourth-order valence-electron chi connectivity index (χ4n) is 3.26. The summed E-state index contributed by atoms with van der Waals surface area (Å²) in [6, 6.07) is 0.692. The monoisotopic (exact) mass is 223 g/mol. The summed E-state index contributed by atoms with van der Waals surface area (Å²) in [5.41, 5.74) is 0.377. The summed E-state index contributed by atoms with van der Waals surface area (Å²) in [7, 11) is 0. The van der Waals surface area contributed by atoms with Crippen LogP contribution in [0.1, 0.15) is 52.9 Å². The van der Waals surface area contributed by atoms with Crippen LogP contribution < -0.4 is 0 Å². The van der Waals surface area contributed by atoms with E-state index in [0.717, 1.165) is 25.8 Å². The molecule has 2 aliphatic rings. The molecular weight excluding hydrogens is 198 g/mol. The third-order valence-electron chi connectivity index (χ3n) is 4.45. The van der Waals surface area contributed by atoms with E-state index < -0.39 is 0 Å². The van der Waals surface area contributed by atoms with Gasteiger partial charge in [0, 0.05) is 24.9 Å². The Labute approximate surface area is 99.4 Å². The van der Waals surface area contributed by atoms with Crippen LogP contribution in [-0.4, -0.2) is 29.8 Å². The number of likely N-dealkylation sites (tertiary alicyclic amines) is 1. The van der Waals surface area contributed by atoms with Crippen molar-refractivity contribution in [3.8, 4) is 0 Å². The normalized spacial score (nSPS) is 35.6. The third-order valence-corrected chi connectivity index (χ3v) is 4.45. The number of carbonyl (C=O) groups is 1. The van der Waals surface area contributed by atoms with E-state index in [9.17, 15) is 4.79 Å². The molecule has 2 fully saturated rings. The first kappa shape index (κ1) is 12.1. The molecule has 0 aromatic carbocycles. The van der Waals surface area contributed by atoms with Gasteiger partial charge in [0.1, 0.15) is 5.78 Å². The predicted molar refractivity (Wildman–Crippen MR) is 66.4 cm³/mol. The van der Waals surface area contributed by atoms with Crippen molar-refractivity contribution in [3.63, 3.8) is 0 Å². The van der Waals surface area contributed by atoms with Gasteiger partial charge in [-0.2, -0.15) is 0 Å². The van der Waals surface area contributed by atoms with Crippen LogP contribution in [0.2, 0.25) is 0 Å². The van der Waals surface area contributed by atoms with Crippen LogP contribution in [0.5, 0.6) is 0 Å². The summed E-state index contributed by atoms with van der Waals surface area (Å²) in [6.45, 7) is 9.12. The van der Waals surface area contributed by atoms with Gasteiger partial charge in [-0.3, -0.25) is 9.69 Å². The van der Waals surface area contributed by atoms with Crippen LogP contribution in [0.15, 0.2) is 0 Å². The molecule has 0 bridgehead atoms. The first-order chi connectivity index (χ1) is 7.48. The Hall–Kier alpha value is -0.370. The zero-order valence-corrected chi connectivity index (χ0v) is 11.0. The number of rotatable bonds is 2. The minimum Gasteiger partial charge on any atom is -0.300 e. The van der Waals surface area contributed by atoms with Crippen LogP contribution in [0.3, 0.4) is 0 Å². The minimum absolute atomic E-state index is 0.310. The van der Waals surface area contributed by atoms with Crippen molar-refractivity contribution < 1.29 is 4.79 Å². The second kappa shape index (κ2) is 4.48. The van der Waals surface area contributed by atoms with Crippen LogP contribution in [0.25, 0.3) is 0 Å². The van der Waals surface area contributed by atoms with Gasteiger partial charge in [-0.25, -0.2) is 0 Å². The van der Waals surface area contributed by atoms with Crippen molar-refractivity contribution in [1.29, 1.82) is 0 Å². The highest BCUT2D eigenvalue weighted by molar-refractivity contribution is 5.82. The van der Waals surface area contributed by atoms with Gasteiger partial charge >= 0.3 is 0 Å². The molecule has 92 valence electrons. The van der Waals surface area contributed by atoms with Crippen LogP contribution in [0, 0.1) is 11.3 Å². The second-order valence-electron chi connectivity index (χ2n) is 6.52. The molecule has 0 aromatic heterocycles. The van der Waals surface area contributed by atoms with Crippen molar-refractivity contribution in [2.45, 2.75) is 58.9 Å². The fraction of sp³-hybridized carbons (Fsp3) is 0.929. The van der Waals surface area contributed by atoms with E-state index in [-0.39, 0.29) is 0 Å². The lowest BCUT2D eigenvalue weighted by atomic mass is 9.71. The van der Waals surface area contributed by atoms with Gasteiger partial charge in [-0.1, -0.05) is 13.8 Å². The number of nitrogens with zero attached hydrogens (tertiary/aromatic N) is 1. The topological polar surface area (TPSA) is 20.3 Å². The summed E-state index contributed by atoms with van der Waals surface area (Å²) >= 11 is 0. The number of carbonyl (C=O) groups excluding carboxylic acids is 1. The van der Waals surface area contributed by atoms with E-state index in [4.69, 9.17) is 0 Å². The molecule has 2 unspecified atom stereocenters. The van der Waals surface area contributed by atoms with Gasteiger partial charge in [0.05, 0.1) is 0 Å². The van der Waals surface area contributed by atoms with Gasteiger partial charge in [0.25, 0.3) is 0 Å². The van der Waals surface area contributed by atoms with Gasteiger partial charge in [0.2, 0.25) is 0 Å². The van der Waals surface area contributed by atoms with E-state index in [1.54, 1.807) is 0 Å². The Morgan fingerprint density at radius 3 is 2.81 bits per heavy atom. The van der Waals surface area contributed by atoms with E-state index in [1.165, 1.54) is 19.4 Å². The molecule has 0 aromatic rings. The van der Waals surface area contributed by atoms with Crippen LogP contribution in [0.4, 0.5) is 0 Å². The second-order valence-corrected chi connectivity index (χ2v) is 6.52. The summed E-state index contributed by atoms with van der Waals surface area (Å²) in [5.74, 6) is 0.822. The van der Waals surface area contributed by atoms with Crippen LogP contribution >= 0.6 is 0 Å². The standard InChI is InChI=1S/C14H25NO/c1-11-5-4-8-15(11)10-12-9-14(2,3)7-6-13(12)16/h11-12H,4-10H2,1-3H3. The first-order valence-corrected chi connectivity index (χ1v) is 6.75. The maximum Gasteiger partial charge on any atom is 0.137 e. The highest BCUT2D eigenvalue weighted by atomic mass is 16.1. The quantitative estimate of drug-likeness (QED) is 0.717. The van der Waals surface area contributed by atoms with Crippen molar-refractivity contribution in [1.82, 2.24) is 4.90 Å². The van der Waals surface area contributed by atoms with Crippen molar-refractivity contribution in [2.24, 2.45) is 11.3 Å². The molecule has 1 saturated heterocycles. The molecule has 16 heavy (non-hydrogen) atoms. The Bertz CT molecular complexity index is 272. The molecular formula is C14H25NO. The molecule has 1 aliphatic heterocycles. The molecule has 1 aliphatic carbocycles. The molecule has 0 spiro atoms. The van der Waals surface area contributed by atoms with Gasteiger partial charge in [-0.15, -0.1) is 0 Å². The fourth-order valence-corrected chi connectivity index (χ4v) is 3.26. The molecule has 1 saturated carbocycles. The number of Topliss-reactive ketones (excluding diaryl/α,β-unsaturated/α-hetero) is 1. The van der Waals surface area contributed by atoms with E-state index in [2.05, 4.69) is 25.7 Å². The minimum atomic E-state index is 0.310. The number of ketones is 1. The molecule has 0 N–H and O–H groups in total. The summed E-state index contributed by atoms with van der Waals surface area (Å²) < 4.78 is 0.